The van der Waals surface area contributed by atoms with Gasteiger partial charge in [-0.05, 0) is 32.4 Å². The Hall–Kier alpha value is -2.11. The topological polar surface area (TPSA) is 82.5 Å². The van der Waals surface area contributed by atoms with E-state index in [4.69, 9.17) is 5.11 Å². The first-order valence-corrected chi connectivity index (χ1v) is 6.64. The third kappa shape index (κ3) is 3.94. The van der Waals surface area contributed by atoms with Gasteiger partial charge in [-0.15, -0.1) is 0 Å². The molecule has 1 heterocycles. The highest BCUT2D eigenvalue weighted by molar-refractivity contribution is 5.89. The number of aryl methyl sites for hydroxylation is 1. The van der Waals surface area contributed by atoms with E-state index >= 15 is 0 Å². The normalized spacial score (nSPS) is 11.8. The van der Waals surface area contributed by atoms with Crippen molar-refractivity contribution in [3.63, 3.8) is 0 Å². The van der Waals surface area contributed by atoms with Gasteiger partial charge in [-0.2, -0.15) is 0 Å². The van der Waals surface area contributed by atoms with Crippen molar-refractivity contribution in [3.8, 4) is 0 Å². The van der Waals surface area contributed by atoms with Crippen LogP contribution in [0.3, 0.4) is 0 Å². The van der Waals surface area contributed by atoms with Gasteiger partial charge in [0, 0.05) is 19.3 Å². The molecular formula is C14H21N3O3. The fraction of sp³-hybridized carbons (Fsp3) is 0.500. The molecule has 1 amide bonds. The molecule has 0 aliphatic carbocycles. The largest absolute Gasteiger partial charge is 0.478 e. The molecule has 1 unspecified atom stereocenters. The summed E-state index contributed by atoms with van der Waals surface area (Å²) in [6.45, 7) is 6.14. The van der Waals surface area contributed by atoms with Crippen molar-refractivity contribution in [2.75, 3.05) is 18.9 Å². The fourth-order valence-corrected chi connectivity index (χ4v) is 1.74. The van der Waals surface area contributed by atoms with Gasteiger partial charge >= 0.3 is 5.97 Å². The number of nitrogens with zero attached hydrogens (tertiary/aromatic N) is 2. The van der Waals surface area contributed by atoms with Gasteiger partial charge in [-0.25, -0.2) is 9.78 Å². The average molecular weight is 279 g/mol. The summed E-state index contributed by atoms with van der Waals surface area (Å²) in [5.74, 6) is -0.657. The van der Waals surface area contributed by atoms with E-state index in [9.17, 15) is 9.59 Å². The first-order chi connectivity index (χ1) is 9.38. The zero-order valence-electron chi connectivity index (χ0n) is 12.3. The zero-order chi connectivity index (χ0) is 15.3. The molecule has 0 aliphatic rings. The molecule has 0 saturated carbocycles. The number of carboxylic acids is 1. The Kier molecular flexibility index (Phi) is 5.49. The maximum atomic E-state index is 12.0. The Morgan fingerprint density at radius 1 is 1.40 bits per heavy atom. The third-order valence-electron chi connectivity index (χ3n) is 3.07. The molecule has 1 aromatic rings. The van der Waals surface area contributed by atoms with Gasteiger partial charge in [0.25, 0.3) is 0 Å². The summed E-state index contributed by atoms with van der Waals surface area (Å²) in [4.78, 5) is 28.9. The number of hydrogen-bond donors (Lipinski definition) is 2. The highest BCUT2D eigenvalue weighted by atomic mass is 16.4. The number of carboxylic acid groups (broad SMARTS) is 1. The van der Waals surface area contributed by atoms with E-state index < -0.39 is 12.0 Å². The molecule has 0 bridgehead atoms. The van der Waals surface area contributed by atoms with E-state index in [0.29, 0.717) is 24.5 Å². The van der Waals surface area contributed by atoms with Crippen LogP contribution in [0.1, 0.15) is 36.8 Å². The average Bonchev–Trinajstić information content (AvgIpc) is 2.44. The van der Waals surface area contributed by atoms with E-state index in [-0.39, 0.29) is 11.5 Å². The Balaban J connectivity index is 2.94. The predicted molar refractivity (Wildman–Crippen MR) is 77.0 cm³/mol. The van der Waals surface area contributed by atoms with Gasteiger partial charge in [-0.1, -0.05) is 6.92 Å². The monoisotopic (exact) mass is 279 g/mol. The minimum Gasteiger partial charge on any atom is -0.478 e. The van der Waals surface area contributed by atoms with Crippen LogP contribution in [0.25, 0.3) is 0 Å². The maximum absolute atomic E-state index is 12.0. The molecule has 110 valence electrons. The smallest absolute Gasteiger partial charge is 0.335 e. The van der Waals surface area contributed by atoms with Crippen LogP contribution in [-0.4, -0.2) is 46.5 Å². The molecule has 1 rings (SSSR count). The van der Waals surface area contributed by atoms with Crippen molar-refractivity contribution in [2.45, 2.75) is 33.2 Å². The van der Waals surface area contributed by atoms with E-state index in [1.165, 1.54) is 12.1 Å². The van der Waals surface area contributed by atoms with Crippen LogP contribution in [0, 0.1) is 0 Å². The molecule has 2 N–H and O–H groups in total. The van der Waals surface area contributed by atoms with Crippen molar-refractivity contribution in [2.24, 2.45) is 0 Å². The van der Waals surface area contributed by atoms with Gasteiger partial charge in [0.1, 0.15) is 11.9 Å². The Morgan fingerprint density at radius 2 is 2.05 bits per heavy atom. The minimum atomic E-state index is -1.00. The molecule has 0 fully saturated rings. The Bertz CT molecular complexity index is 502. The van der Waals surface area contributed by atoms with E-state index in [2.05, 4.69) is 10.3 Å². The lowest BCUT2D eigenvalue weighted by Crippen LogP contribution is -2.39. The zero-order valence-corrected chi connectivity index (χ0v) is 12.3. The van der Waals surface area contributed by atoms with Crippen LogP contribution < -0.4 is 5.32 Å². The first kappa shape index (κ1) is 15.9. The standard InChI is InChI=1S/C14H21N3O3/c1-5-11-7-10(14(19)20)8-12(16-11)15-9(3)13(18)17(4)6-2/h7-9H,5-6H2,1-4H3,(H,15,16)(H,19,20). The van der Waals surface area contributed by atoms with Crippen LogP contribution in [0.15, 0.2) is 12.1 Å². The highest BCUT2D eigenvalue weighted by Crippen LogP contribution is 2.13. The van der Waals surface area contributed by atoms with Gasteiger partial charge in [-0.3, -0.25) is 4.79 Å². The Morgan fingerprint density at radius 3 is 2.55 bits per heavy atom. The highest BCUT2D eigenvalue weighted by Gasteiger charge is 2.17. The molecule has 1 atom stereocenters. The quantitative estimate of drug-likeness (QED) is 0.827. The SMILES string of the molecule is CCc1cc(C(=O)O)cc(NC(C)C(=O)N(C)CC)n1. The molecular weight excluding hydrogens is 258 g/mol. The van der Waals surface area contributed by atoms with Gasteiger partial charge in [0.2, 0.25) is 5.91 Å². The number of anilines is 1. The van der Waals surface area contributed by atoms with E-state index in [1.54, 1.807) is 18.9 Å². The summed E-state index contributed by atoms with van der Waals surface area (Å²) in [6.07, 6.45) is 0.632. The Labute approximate surface area is 118 Å². The number of pyridine rings is 1. The molecule has 0 spiro atoms. The number of likely N-dealkylation sites (N-methyl/N-ethyl adjacent to an activating group) is 1. The summed E-state index contributed by atoms with van der Waals surface area (Å²) < 4.78 is 0. The van der Waals surface area contributed by atoms with Crippen LogP contribution >= 0.6 is 0 Å². The van der Waals surface area contributed by atoms with Crippen molar-refractivity contribution in [1.29, 1.82) is 0 Å². The number of rotatable bonds is 6. The lowest BCUT2D eigenvalue weighted by Gasteiger charge is -2.21. The molecule has 20 heavy (non-hydrogen) atoms. The lowest BCUT2D eigenvalue weighted by atomic mass is 10.2. The fourth-order valence-electron chi connectivity index (χ4n) is 1.74. The van der Waals surface area contributed by atoms with Gasteiger partial charge < -0.3 is 15.3 Å². The predicted octanol–water partition coefficient (Wildman–Crippen LogP) is 1.62. The summed E-state index contributed by atoms with van der Waals surface area (Å²) in [7, 11) is 1.72. The first-order valence-electron chi connectivity index (χ1n) is 6.64. The molecule has 0 saturated heterocycles. The van der Waals surface area contributed by atoms with Gasteiger partial charge in [0.15, 0.2) is 0 Å². The number of carbonyl (C=O) groups is 2. The van der Waals surface area contributed by atoms with Crippen LogP contribution in [0.5, 0.6) is 0 Å². The molecule has 1 aromatic heterocycles. The number of nitrogens with one attached hydrogen (secondary N) is 1. The summed E-state index contributed by atoms with van der Waals surface area (Å²) in [6, 6.07) is 2.52. The molecule has 0 aromatic carbocycles. The molecule has 6 heteroatoms. The van der Waals surface area contributed by atoms with Crippen LogP contribution in [0.4, 0.5) is 5.82 Å². The summed E-state index contributed by atoms with van der Waals surface area (Å²) >= 11 is 0. The number of carbonyl (C=O) groups excluding carboxylic acids is 1. The molecule has 6 nitrogen and oxygen atoms in total. The van der Waals surface area contributed by atoms with Crippen LogP contribution in [0.2, 0.25) is 0 Å². The van der Waals surface area contributed by atoms with Crippen LogP contribution in [-0.2, 0) is 11.2 Å². The van der Waals surface area contributed by atoms with E-state index in [0.717, 1.165) is 0 Å². The van der Waals surface area contributed by atoms with Crippen molar-refractivity contribution in [1.82, 2.24) is 9.88 Å². The van der Waals surface area contributed by atoms with Gasteiger partial charge in [0.05, 0.1) is 5.56 Å². The second-order valence-electron chi connectivity index (χ2n) is 4.61. The molecule has 0 aliphatic heterocycles. The number of aromatic nitrogens is 1. The van der Waals surface area contributed by atoms with Crippen molar-refractivity contribution >= 4 is 17.7 Å². The summed E-state index contributed by atoms with van der Waals surface area (Å²) in [5.41, 5.74) is 0.846. The van der Waals surface area contributed by atoms with Crippen molar-refractivity contribution < 1.29 is 14.7 Å². The maximum Gasteiger partial charge on any atom is 0.335 e. The van der Waals surface area contributed by atoms with Crippen molar-refractivity contribution in [3.05, 3.63) is 23.4 Å². The second-order valence-corrected chi connectivity index (χ2v) is 4.61. The van der Waals surface area contributed by atoms with E-state index in [1.807, 2.05) is 13.8 Å². The minimum absolute atomic E-state index is 0.0620. The second kappa shape index (κ2) is 6.88. The summed E-state index contributed by atoms with van der Waals surface area (Å²) in [5, 5.41) is 12.0. The number of amides is 1. The number of aromatic carboxylic acids is 1. The number of hydrogen-bond acceptors (Lipinski definition) is 4. The molecule has 0 radical (unpaired) electrons. The lowest BCUT2D eigenvalue weighted by molar-refractivity contribution is -0.130. The third-order valence-corrected chi connectivity index (χ3v) is 3.07.